The third kappa shape index (κ3) is 1.97. The lowest BCUT2D eigenvalue weighted by Gasteiger charge is -2.11. The van der Waals surface area contributed by atoms with Gasteiger partial charge in [-0.25, -0.2) is 9.78 Å². The highest BCUT2D eigenvalue weighted by atomic mass is 16.5. The van der Waals surface area contributed by atoms with Gasteiger partial charge in [-0.2, -0.15) is 0 Å². The zero-order valence-electron chi connectivity index (χ0n) is 10.9. The number of aromatic carboxylic acids is 1. The van der Waals surface area contributed by atoms with E-state index in [9.17, 15) is 4.79 Å². The van der Waals surface area contributed by atoms with Crippen molar-refractivity contribution < 1.29 is 19.4 Å². The molecule has 1 aliphatic rings. The minimum absolute atomic E-state index is 0.0172. The topological polar surface area (TPSA) is 68.7 Å². The SMILES string of the molecule is COc1ccc(C(=O)O)nc1-c1cccc2c1OCC2. The quantitative estimate of drug-likeness (QED) is 0.928. The Morgan fingerprint density at radius 1 is 1.35 bits per heavy atom. The fourth-order valence-electron chi connectivity index (χ4n) is 2.32. The molecule has 1 N–H and O–H groups in total. The highest BCUT2D eigenvalue weighted by Gasteiger charge is 2.21. The third-order valence-corrected chi connectivity index (χ3v) is 3.27. The van der Waals surface area contributed by atoms with Gasteiger partial charge in [0.2, 0.25) is 0 Å². The van der Waals surface area contributed by atoms with Crippen molar-refractivity contribution >= 4 is 5.97 Å². The lowest BCUT2D eigenvalue weighted by molar-refractivity contribution is 0.0690. The number of hydrogen-bond acceptors (Lipinski definition) is 4. The Hall–Kier alpha value is -2.56. The van der Waals surface area contributed by atoms with Crippen LogP contribution in [-0.2, 0) is 6.42 Å². The monoisotopic (exact) mass is 271 g/mol. The predicted molar refractivity (Wildman–Crippen MR) is 72.4 cm³/mol. The number of pyridine rings is 1. The summed E-state index contributed by atoms with van der Waals surface area (Å²) in [7, 11) is 1.53. The predicted octanol–water partition coefficient (Wildman–Crippen LogP) is 2.39. The molecule has 0 amide bonds. The van der Waals surface area contributed by atoms with Gasteiger partial charge in [0, 0.05) is 12.0 Å². The minimum Gasteiger partial charge on any atom is -0.494 e. The van der Waals surface area contributed by atoms with E-state index in [0.29, 0.717) is 18.1 Å². The molecule has 0 saturated heterocycles. The molecule has 0 atom stereocenters. The van der Waals surface area contributed by atoms with Crippen molar-refractivity contribution in [1.29, 1.82) is 0 Å². The average molecular weight is 271 g/mol. The van der Waals surface area contributed by atoms with Gasteiger partial charge in [-0.1, -0.05) is 12.1 Å². The van der Waals surface area contributed by atoms with Crippen LogP contribution in [0.4, 0.5) is 0 Å². The fraction of sp³-hybridized carbons (Fsp3) is 0.200. The minimum atomic E-state index is -1.07. The van der Waals surface area contributed by atoms with Crippen molar-refractivity contribution in [3.05, 3.63) is 41.6 Å². The largest absolute Gasteiger partial charge is 0.494 e. The molecule has 0 aliphatic carbocycles. The van der Waals surface area contributed by atoms with Crippen LogP contribution in [0.3, 0.4) is 0 Å². The Bertz CT molecular complexity index is 682. The second-order valence-electron chi connectivity index (χ2n) is 4.44. The maximum absolute atomic E-state index is 11.1. The molecule has 0 radical (unpaired) electrons. The van der Waals surface area contributed by atoms with Crippen LogP contribution in [0.1, 0.15) is 16.1 Å². The van der Waals surface area contributed by atoms with Crippen molar-refractivity contribution in [3.8, 4) is 22.8 Å². The number of nitrogens with zero attached hydrogens (tertiary/aromatic N) is 1. The number of hydrogen-bond donors (Lipinski definition) is 1. The second-order valence-corrected chi connectivity index (χ2v) is 4.44. The maximum atomic E-state index is 11.1. The Morgan fingerprint density at radius 2 is 2.20 bits per heavy atom. The van der Waals surface area contributed by atoms with Crippen LogP contribution in [0.25, 0.3) is 11.3 Å². The van der Waals surface area contributed by atoms with Gasteiger partial charge in [0.05, 0.1) is 13.7 Å². The molecule has 3 rings (SSSR count). The molecule has 5 nitrogen and oxygen atoms in total. The van der Waals surface area contributed by atoms with E-state index in [1.807, 2.05) is 18.2 Å². The molecule has 2 aromatic rings. The molecular formula is C15H13NO4. The first kappa shape index (κ1) is 12.5. The second kappa shape index (κ2) is 4.85. The highest BCUT2D eigenvalue weighted by Crippen LogP contribution is 2.39. The summed E-state index contributed by atoms with van der Waals surface area (Å²) >= 11 is 0. The summed E-state index contributed by atoms with van der Waals surface area (Å²) in [5.41, 5.74) is 2.34. The van der Waals surface area contributed by atoms with E-state index in [2.05, 4.69) is 4.98 Å². The first-order valence-corrected chi connectivity index (χ1v) is 6.24. The van der Waals surface area contributed by atoms with Crippen LogP contribution < -0.4 is 9.47 Å². The van der Waals surface area contributed by atoms with Gasteiger partial charge < -0.3 is 14.6 Å². The van der Waals surface area contributed by atoms with E-state index in [4.69, 9.17) is 14.6 Å². The number of carboxylic acid groups (broad SMARTS) is 1. The normalized spacial score (nSPS) is 12.7. The zero-order chi connectivity index (χ0) is 14.1. The number of para-hydroxylation sites is 1. The van der Waals surface area contributed by atoms with E-state index in [1.165, 1.54) is 13.2 Å². The molecule has 1 aromatic carbocycles. The molecule has 2 heterocycles. The number of fused-ring (bicyclic) bond motifs is 1. The van der Waals surface area contributed by atoms with Crippen molar-refractivity contribution in [2.75, 3.05) is 13.7 Å². The van der Waals surface area contributed by atoms with E-state index in [-0.39, 0.29) is 5.69 Å². The van der Waals surface area contributed by atoms with Gasteiger partial charge >= 0.3 is 5.97 Å². The standard InChI is InChI=1S/C15H13NO4/c1-19-12-6-5-11(15(17)18)16-13(12)10-4-2-3-9-7-8-20-14(9)10/h2-6H,7-8H2,1H3,(H,17,18). The smallest absolute Gasteiger partial charge is 0.354 e. The molecule has 0 saturated carbocycles. The fourth-order valence-corrected chi connectivity index (χ4v) is 2.32. The van der Waals surface area contributed by atoms with Crippen molar-refractivity contribution in [2.24, 2.45) is 0 Å². The molecule has 0 fully saturated rings. The summed E-state index contributed by atoms with van der Waals surface area (Å²) in [6.45, 7) is 0.632. The van der Waals surface area contributed by atoms with Crippen molar-refractivity contribution in [1.82, 2.24) is 4.98 Å². The van der Waals surface area contributed by atoms with Crippen LogP contribution in [0.15, 0.2) is 30.3 Å². The summed E-state index contributed by atoms with van der Waals surface area (Å²) in [6, 6.07) is 8.81. The first-order valence-electron chi connectivity index (χ1n) is 6.24. The molecule has 20 heavy (non-hydrogen) atoms. The lowest BCUT2D eigenvalue weighted by Crippen LogP contribution is -2.03. The van der Waals surface area contributed by atoms with Gasteiger partial charge in [-0.3, -0.25) is 0 Å². The molecule has 0 spiro atoms. The molecule has 102 valence electrons. The van der Waals surface area contributed by atoms with Crippen LogP contribution in [0.5, 0.6) is 11.5 Å². The summed E-state index contributed by atoms with van der Waals surface area (Å²) in [4.78, 5) is 15.3. The number of aromatic nitrogens is 1. The molecular weight excluding hydrogens is 258 g/mol. The Labute approximate surface area is 115 Å². The van der Waals surface area contributed by atoms with E-state index in [0.717, 1.165) is 23.3 Å². The maximum Gasteiger partial charge on any atom is 0.354 e. The van der Waals surface area contributed by atoms with Crippen LogP contribution in [-0.4, -0.2) is 29.8 Å². The Morgan fingerprint density at radius 3 is 2.95 bits per heavy atom. The number of rotatable bonds is 3. The van der Waals surface area contributed by atoms with Crippen molar-refractivity contribution in [3.63, 3.8) is 0 Å². The molecule has 1 aromatic heterocycles. The number of methoxy groups -OCH3 is 1. The zero-order valence-corrected chi connectivity index (χ0v) is 10.9. The number of benzene rings is 1. The third-order valence-electron chi connectivity index (χ3n) is 3.27. The summed E-state index contributed by atoms with van der Waals surface area (Å²) in [5.74, 6) is 0.224. The van der Waals surface area contributed by atoms with E-state index < -0.39 is 5.97 Å². The van der Waals surface area contributed by atoms with E-state index in [1.54, 1.807) is 6.07 Å². The Balaban J connectivity index is 2.21. The van der Waals surface area contributed by atoms with Gasteiger partial charge in [0.25, 0.3) is 0 Å². The number of carbonyl (C=O) groups is 1. The van der Waals surface area contributed by atoms with E-state index >= 15 is 0 Å². The Kier molecular flexibility index (Phi) is 3.02. The summed E-state index contributed by atoms with van der Waals surface area (Å²) in [6.07, 6.45) is 0.851. The highest BCUT2D eigenvalue weighted by molar-refractivity contribution is 5.87. The lowest BCUT2D eigenvalue weighted by atomic mass is 10.0. The van der Waals surface area contributed by atoms with Gasteiger partial charge in [0.15, 0.2) is 0 Å². The first-order chi connectivity index (χ1) is 9.70. The van der Waals surface area contributed by atoms with Gasteiger partial charge in [-0.05, 0) is 23.8 Å². The summed E-state index contributed by atoms with van der Waals surface area (Å²) < 4.78 is 10.9. The average Bonchev–Trinajstić information content (AvgIpc) is 2.94. The molecule has 0 unspecified atom stereocenters. The van der Waals surface area contributed by atoms with Gasteiger partial charge in [-0.15, -0.1) is 0 Å². The van der Waals surface area contributed by atoms with Crippen LogP contribution >= 0.6 is 0 Å². The number of ether oxygens (including phenoxy) is 2. The van der Waals surface area contributed by atoms with Crippen LogP contribution in [0.2, 0.25) is 0 Å². The van der Waals surface area contributed by atoms with Crippen LogP contribution in [0, 0.1) is 0 Å². The molecule has 1 aliphatic heterocycles. The summed E-state index contributed by atoms with van der Waals surface area (Å²) in [5, 5.41) is 9.08. The van der Waals surface area contributed by atoms with Crippen molar-refractivity contribution in [2.45, 2.75) is 6.42 Å². The molecule has 5 heteroatoms. The number of carboxylic acids is 1. The molecule has 0 bridgehead atoms. The van der Waals surface area contributed by atoms with Gasteiger partial charge in [0.1, 0.15) is 22.9 Å².